The molecule has 1 aromatic carbocycles. The van der Waals surface area contributed by atoms with Crippen molar-refractivity contribution in [3.63, 3.8) is 0 Å². The summed E-state index contributed by atoms with van der Waals surface area (Å²) in [6.45, 7) is 0.846. The molecule has 2 heterocycles. The first kappa shape index (κ1) is 14.3. The number of nitrogens with one attached hydrogen (secondary N) is 1. The fraction of sp³-hybridized carbons (Fsp3) is 0.312. The van der Waals surface area contributed by atoms with Gasteiger partial charge < -0.3 is 9.72 Å². The Kier molecular flexibility index (Phi) is 4.18. The van der Waals surface area contributed by atoms with E-state index in [2.05, 4.69) is 9.97 Å². The van der Waals surface area contributed by atoms with Gasteiger partial charge in [0.2, 0.25) is 0 Å². The van der Waals surface area contributed by atoms with Gasteiger partial charge in [-0.15, -0.1) is 0 Å². The second kappa shape index (κ2) is 6.43. The number of hydrogen-bond acceptors (Lipinski definition) is 4. The first-order valence-electron chi connectivity index (χ1n) is 7.26. The van der Waals surface area contributed by atoms with Crippen LogP contribution in [0.4, 0.5) is 4.79 Å². The monoisotopic (exact) mass is 299 g/mol. The van der Waals surface area contributed by atoms with Crippen molar-refractivity contribution >= 4 is 6.09 Å². The van der Waals surface area contributed by atoms with Crippen molar-refractivity contribution in [1.82, 2.24) is 14.9 Å². The molecule has 1 aliphatic rings. The lowest BCUT2D eigenvalue weighted by Gasteiger charge is -2.23. The minimum absolute atomic E-state index is 0.213. The van der Waals surface area contributed by atoms with Crippen molar-refractivity contribution in [3.05, 3.63) is 64.3 Å². The van der Waals surface area contributed by atoms with Gasteiger partial charge in [-0.25, -0.2) is 9.78 Å². The summed E-state index contributed by atoms with van der Waals surface area (Å²) in [6.07, 6.45) is 2.72. The van der Waals surface area contributed by atoms with Gasteiger partial charge in [0.25, 0.3) is 5.56 Å². The van der Waals surface area contributed by atoms with E-state index in [-0.39, 0.29) is 24.3 Å². The minimum Gasteiger partial charge on any atom is -0.445 e. The Balaban J connectivity index is 1.67. The van der Waals surface area contributed by atoms with Crippen LogP contribution in [0.15, 0.2) is 47.4 Å². The highest BCUT2D eigenvalue weighted by atomic mass is 16.6. The van der Waals surface area contributed by atoms with Crippen molar-refractivity contribution in [3.8, 4) is 0 Å². The van der Waals surface area contributed by atoms with E-state index in [1.165, 1.54) is 12.3 Å². The number of aromatic amines is 1. The Hall–Kier alpha value is -2.63. The van der Waals surface area contributed by atoms with Gasteiger partial charge in [-0.3, -0.25) is 9.69 Å². The molecule has 0 bridgehead atoms. The van der Waals surface area contributed by atoms with Crippen LogP contribution in [0.5, 0.6) is 0 Å². The van der Waals surface area contributed by atoms with Crippen LogP contribution in [0.1, 0.15) is 30.3 Å². The van der Waals surface area contributed by atoms with Crippen LogP contribution < -0.4 is 5.56 Å². The Morgan fingerprint density at radius 3 is 2.91 bits per heavy atom. The highest BCUT2D eigenvalue weighted by Crippen LogP contribution is 2.29. The molecule has 1 fully saturated rings. The molecule has 1 aromatic heterocycles. The maximum absolute atomic E-state index is 12.3. The van der Waals surface area contributed by atoms with Crippen molar-refractivity contribution in [1.29, 1.82) is 0 Å². The van der Waals surface area contributed by atoms with E-state index in [0.29, 0.717) is 12.4 Å². The fourth-order valence-electron chi connectivity index (χ4n) is 2.63. The zero-order chi connectivity index (χ0) is 15.4. The molecule has 0 radical (unpaired) electrons. The smallest absolute Gasteiger partial charge is 0.410 e. The average Bonchev–Trinajstić information content (AvgIpc) is 3.03. The topological polar surface area (TPSA) is 75.3 Å². The second-order valence-corrected chi connectivity index (χ2v) is 5.21. The number of carbonyl (C=O) groups excluding carboxylic acids is 1. The van der Waals surface area contributed by atoms with Crippen LogP contribution in [0.3, 0.4) is 0 Å². The number of H-pyrrole nitrogens is 1. The Morgan fingerprint density at radius 1 is 1.32 bits per heavy atom. The molecule has 0 saturated carbocycles. The number of rotatable bonds is 3. The normalized spacial score (nSPS) is 17.5. The number of hydrogen-bond donors (Lipinski definition) is 1. The zero-order valence-electron chi connectivity index (χ0n) is 12.1. The molecular weight excluding hydrogens is 282 g/mol. The Morgan fingerprint density at radius 2 is 2.14 bits per heavy atom. The summed E-state index contributed by atoms with van der Waals surface area (Å²) in [5.41, 5.74) is 0.729. The zero-order valence-corrected chi connectivity index (χ0v) is 12.1. The molecule has 0 spiro atoms. The molecule has 0 aliphatic carbocycles. The van der Waals surface area contributed by atoms with Crippen LogP contribution >= 0.6 is 0 Å². The summed E-state index contributed by atoms with van der Waals surface area (Å²) < 4.78 is 5.36. The summed E-state index contributed by atoms with van der Waals surface area (Å²) in [5, 5.41) is 0. The first-order valence-corrected chi connectivity index (χ1v) is 7.26. The van der Waals surface area contributed by atoms with Gasteiger partial charge in [0.05, 0.1) is 6.04 Å². The van der Waals surface area contributed by atoms with E-state index in [1.807, 2.05) is 30.3 Å². The quantitative estimate of drug-likeness (QED) is 0.943. The predicted molar refractivity (Wildman–Crippen MR) is 80.2 cm³/mol. The van der Waals surface area contributed by atoms with Crippen molar-refractivity contribution < 1.29 is 9.53 Å². The van der Waals surface area contributed by atoms with E-state index in [4.69, 9.17) is 4.74 Å². The van der Waals surface area contributed by atoms with Gasteiger partial charge in [-0.1, -0.05) is 30.3 Å². The number of benzene rings is 1. The number of nitrogens with zero attached hydrogens (tertiary/aromatic N) is 2. The SMILES string of the molecule is O=C(OCc1ccccc1)N1CCCC1c1nccc(=O)[nH]1. The van der Waals surface area contributed by atoms with Crippen LogP contribution in [0, 0.1) is 0 Å². The van der Waals surface area contributed by atoms with Gasteiger partial charge in [-0.05, 0) is 18.4 Å². The van der Waals surface area contributed by atoms with Crippen LogP contribution in [0.2, 0.25) is 0 Å². The maximum atomic E-state index is 12.3. The minimum atomic E-state index is -0.377. The van der Waals surface area contributed by atoms with E-state index < -0.39 is 0 Å². The molecule has 22 heavy (non-hydrogen) atoms. The summed E-state index contributed by atoms with van der Waals surface area (Å²) in [5.74, 6) is 0.515. The van der Waals surface area contributed by atoms with Crippen molar-refractivity contribution in [2.24, 2.45) is 0 Å². The first-order chi connectivity index (χ1) is 10.7. The molecule has 1 N–H and O–H groups in total. The van der Waals surface area contributed by atoms with Gasteiger partial charge >= 0.3 is 6.09 Å². The fourth-order valence-corrected chi connectivity index (χ4v) is 2.63. The number of aromatic nitrogens is 2. The Bertz CT molecular complexity index is 699. The van der Waals surface area contributed by atoms with Crippen molar-refractivity contribution in [2.75, 3.05) is 6.54 Å². The summed E-state index contributed by atoms with van der Waals surface area (Å²) in [4.78, 5) is 32.2. The Labute approximate surface area is 127 Å². The van der Waals surface area contributed by atoms with Crippen LogP contribution in [0.25, 0.3) is 0 Å². The number of amides is 1. The van der Waals surface area contributed by atoms with Crippen LogP contribution in [-0.4, -0.2) is 27.5 Å². The van der Waals surface area contributed by atoms with E-state index in [1.54, 1.807) is 4.90 Å². The second-order valence-electron chi connectivity index (χ2n) is 5.21. The summed E-state index contributed by atoms with van der Waals surface area (Å²) >= 11 is 0. The number of ether oxygens (including phenoxy) is 1. The molecule has 3 rings (SSSR count). The third-order valence-corrected chi connectivity index (χ3v) is 3.70. The van der Waals surface area contributed by atoms with Crippen molar-refractivity contribution in [2.45, 2.75) is 25.5 Å². The maximum Gasteiger partial charge on any atom is 0.410 e. The van der Waals surface area contributed by atoms with E-state index in [0.717, 1.165) is 18.4 Å². The van der Waals surface area contributed by atoms with E-state index in [9.17, 15) is 9.59 Å². The predicted octanol–water partition coefficient (Wildman–Crippen LogP) is 2.24. The summed E-state index contributed by atoms with van der Waals surface area (Å²) in [7, 11) is 0. The van der Waals surface area contributed by atoms with E-state index >= 15 is 0 Å². The lowest BCUT2D eigenvalue weighted by atomic mass is 10.2. The van der Waals surface area contributed by atoms with Gasteiger partial charge in [0.1, 0.15) is 12.4 Å². The molecule has 6 nitrogen and oxygen atoms in total. The number of carbonyl (C=O) groups is 1. The van der Waals surface area contributed by atoms with Gasteiger partial charge in [0.15, 0.2) is 0 Å². The van der Waals surface area contributed by atoms with Gasteiger partial charge in [-0.2, -0.15) is 0 Å². The third-order valence-electron chi connectivity index (χ3n) is 3.70. The van der Waals surface area contributed by atoms with Gasteiger partial charge in [0, 0.05) is 18.8 Å². The molecular formula is C16H17N3O3. The molecule has 1 unspecified atom stereocenters. The summed E-state index contributed by atoms with van der Waals surface area (Å²) in [6, 6.07) is 10.7. The third kappa shape index (κ3) is 3.16. The molecule has 1 atom stereocenters. The largest absolute Gasteiger partial charge is 0.445 e. The molecule has 1 saturated heterocycles. The number of likely N-dealkylation sites (tertiary alicyclic amines) is 1. The van der Waals surface area contributed by atoms with Crippen LogP contribution in [-0.2, 0) is 11.3 Å². The highest BCUT2D eigenvalue weighted by molar-refractivity contribution is 5.68. The lowest BCUT2D eigenvalue weighted by Crippen LogP contribution is -2.32. The molecule has 114 valence electrons. The molecule has 1 amide bonds. The standard InChI is InChI=1S/C16H17N3O3/c20-14-8-9-17-15(18-14)13-7-4-10-19(13)16(21)22-11-12-5-2-1-3-6-12/h1-3,5-6,8-9,13H,4,7,10-11H2,(H,17,18,20). The molecule has 2 aromatic rings. The lowest BCUT2D eigenvalue weighted by molar-refractivity contribution is 0.0908. The molecule has 6 heteroatoms. The average molecular weight is 299 g/mol. The molecule has 1 aliphatic heterocycles. The highest BCUT2D eigenvalue weighted by Gasteiger charge is 2.32.